The summed E-state index contributed by atoms with van der Waals surface area (Å²) in [5, 5.41) is 3.91. The van der Waals surface area contributed by atoms with Crippen LogP contribution in [0.15, 0.2) is 12.7 Å². The Morgan fingerprint density at radius 1 is 1.45 bits per heavy atom. The molecule has 0 N–H and O–H groups in total. The minimum atomic E-state index is 0.539. The molecule has 0 radical (unpaired) electrons. The number of alkyl halides is 1. The van der Waals surface area contributed by atoms with Gasteiger partial charge in [-0.15, -0.1) is 11.6 Å². The average molecular weight is 176 g/mol. The largest absolute Gasteiger partial charge is 0.378 e. The normalized spacial score (nSPS) is 10.3. The zero-order chi connectivity index (χ0) is 7.94. The van der Waals surface area contributed by atoms with E-state index in [0.29, 0.717) is 19.1 Å². The van der Waals surface area contributed by atoms with Crippen molar-refractivity contribution in [3.63, 3.8) is 0 Å². The first-order valence-corrected chi connectivity index (χ1v) is 3.93. The van der Waals surface area contributed by atoms with Gasteiger partial charge in [-0.1, -0.05) is 0 Å². The molecule has 0 unspecified atom stereocenters. The molecule has 4 nitrogen and oxygen atoms in total. The van der Waals surface area contributed by atoms with E-state index in [9.17, 15) is 0 Å². The van der Waals surface area contributed by atoms with Crippen molar-refractivity contribution in [2.45, 2.75) is 6.54 Å². The third-order valence-electron chi connectivity index (χ3n) is 1.15. The number of halogens is 1. The van der Waals surface area contributed by atoms with Gasteiger partial charge in [0, 0.05) is 5.88 Å². The lowest BCUT2D eigenvalue weighted by molar-refractivity contribution is 0.138. The number of hydrogen-bond acceptors (Lipinski definition) is 3. The number of ether oxygens (including phenoxy) is 1. The topological polar surface area (TPSA) is 39.9 Å². The Balaban J connectivity index is 2.04. The van der Waals surface area contributed by atoms with E-state index in [1.54, 1.807) is 11.0 Å². The molecule has 0 aromatic carbocycles. The molecule has 0 aliphatic rings. The first kappa shape index (κ1) is 8.49. The van der Waals surface area contributed by atoms with Gasteiger partial charge in [-0.05, 0) is 0 Å². The molecule has 0 atom stereocenters. The predicted molar refractivity (Wildman–Crippen MR) is 41.6 cm³/mol. The Morgan fingerprint density at radius 3 is 3.00 bits per heavy atom. The second kappa shape index (κ2) is 5.09. The van der Waals surface area contributed by atoms with Gasteiger partial charge < -0.3 is 4.74 Å². The lowest BCUT2D eigenvalue weighted by atomic mass is 10.7. The van der Waals surface area contributed by atoms with Crippen molar-refractivity contribution in [2.75, 3.05) is 19.1 Å². The molecule has 0 aliphatic heterocycles. The molecule has 1 aromatic rings. The van der Waals surface area contributed by atoms with Crippen LogP contribution in [0.5, 0.6) is 0 Å². The molecule has 0 fully saturated rings. The Morgan fingerprint density at radius 2 is 2.36 bits per heavy atom. The molecule has 5 heteroatoms. The number of rotatable bonds is 5. The van der Waals surface area contributed by atoms with Crippen molar-refractivity contribution < 1.29 is 4.74 Å². The van der Waals surface area contributed by atoms with Crippen molar-refractivity contribution >= 4 is 11.6 Å². The highest BCUT2D eigenvalue weighted by atomic mass is 35.5. The van der Waals surface area contributed by atoms with E-state index in [0.717, 1.165) is 6.54 Å². The summed E-state index contributed by atoms with van der Waals surface area (Å²) in [6.45, 7) is 1.96. The molecule has 0 saturated heterocycles. The molecule has 0 aliphatic carbocycles. The van der Waals surface area contributed by atoms with Crippen molar-refractivity contribution in [3.05, 3.63) is 12.7 Å². The van der Waals surface area contributed by atoms with Crippen LogP contribution in [0, 0.1) is 0 Å². The van der Waals surface area contributed by atoms with Crippen LogP contribution in [0.1, 0.15) is 0 Å². The second-order valence-corrected chi connectivity index (χ2v) is 2.34. The maximum absolute atomic E-state index is 5.40. The van der Waals surface area contributed by atoms with Gasteiger partial charge in [-0.3, -0.25) is 4.68 Å². The number of hydrogen-bond donors (Lipinski definition) is 0. The highest BCUT2D eigenvalue weighted by Gasteiger charge is 1.90. The molecule has 1 aromatic heterocycles. The van der Waals surface area contributed by atoms with Gasteiger partial charge in [-0.2, -0.15) is 5.10 Å². The fourth-order valence-electron chi connectivity index (χ4n) is 0.663. The maximum Gasteiger partial charge on any atom is 0.137 e. The first-order valence-electron chi connectivity index (χ1n) is 3.39. The summed E-state index contributed by atoms with van der Waals surface area (Å²) in [7, 11) is 0. The van der Waals surface area contributed by atoms with Crippen LogP contribution in [0.25, 0.3) is 0 Å². The fraction of sp³-hybridized carbons (Fsp3) is 0.667. The number of aromatic nitrogens is 3. The van der Waals surface area contributed by atoms with E-state index in [2.05, 4.69) is 10.1 Å². The Hall–Kier alpha value is -0.610. The molecule has 1 rings (SSSR count). The van der Waals surface area contributed by atoms with E-state index >= 15 is 0 Å². The molecular formula is C6H10ClN3O. The van der Waals surface area contributed by atoms with Gasteiger partial charge in [0.15, 0.2) is 0 Å². The zero-order valence-electron chi connectivity index (χ0n) is 6.11. The summed E-state index contributed by atoms with van der Waals surface area (Å²) >= 11 is 5.40. The molecule has 62 valence electrons. The Labute approximate surface area is 70.1 Å². The van der Waals surface area contributed by atoms with Crippen LogP contribution in [-0.2, 0) is 11.3 Å². The highest BCUT2D eigenvalue weighted by molar-refractivity contribution is 6.17. The van der Waals surface area contributed by atoms with Crippen LogP contribution in [0.4, 0.5) is 0 Å². The third-order valence-corrected chi connectivity index (χ3v) is 1.31. The summed E-state index contributed by atoms with van der Waals surface area (Å²) in [5.41, 5.74) is 0. The lowest BCUT2D eigenvalue weighted by Gasteiger charge is -2.00. The fourth-order valence-corrected chi connectivity index (χ4v) is 0.772. The summed E-state index contributed by atoms with van der Waals surface area (Å²) in [4.78, 5) is 3.79. The molecule has 11 heavy (non-hydrogen) atoms. The third kappa shape index (κ3) is 3.34. The second-order valence-electron chi connectivity index (χ2n) is 1.96. The van der Waals surface area contributed by atoms with E-state index in [1.165, 1.54) is 6.33 Å². The van der Waals surface area contributed by atoms with Crippen LogP contribution >= 0.6 is 11.6 Å². The lowest BCUT2D eigenvalue weighted by Crippen LogP contribution is -2.07. The SMILES string of the molecule is ClCCOCCn1cncn1. The van der Waals surface area contributed by atoms with Crippen LogP contribution in [0.2, 0.25) is 0 Å². The summed E-state index contributed by atoms with van der Waals surface area (Å²) in [6.07, 6.45) is 3.16. The monoisotopic (exact) mass is 175 g/mol. The van der Waals surface area contributed by atoms with Gasteiger partial charge in [0.25, 0.3) is 0 Å². The predicted octanol–water partition coefficient (Wildman–Crippen LogP) is 0.533. The molecule has 0 amide bonds. The van der Waals surface area contributed by atoms with Crippen molar-refractivity contribution in [1.29, 1.82) is 0 Å². The van der Waals surface area contributed by atoms with Crippen molar-refractivity contribution in [1.82, 2.24) is 14.8 Å². The van der Waals surface area contributed by atoms with Crippen molar-refractivity contribution in [2.24, 2.45) is 0 Å². The maximum atomic E-state index is 5.40. The molecule has 0 spiro atoms. The summed E-state index contributed by atoms with van der Waals surface area (Å²) in [6, 6.07) is 0. The smallest absolute Gasteiger partial charge is 0.137 e. The molecule has 1 heterocycles. The zero-order valence-corrected chi connectivity index (χ0v) is 6.87. The Kier molecular flexibility index (Phi) is 3.93. The number of nitrogens with zero attached hydrogens (tertiary/aromatic N) is 3. The van der Waals surface area contributed by atoms with E-state index < -0.39 is 0 Å². The van der Waals surface area contributed by atoms with E-state index in [4.69, 9.17) is 16.3 Å². The summed E-state index contributed by atoms with van der Waals surface area (Å²) in [5.74, 6) is 0.539. The van der Waals surface area contributed by atoms with E-state index in [-0.39, 0.29) is 0 Å². The molecule has 0 bridgehead atoms. The standard InChI is InChI=1S/C6H10ClN3O/c7-1-3-11-4-2-10-6-8-5-9-10/h5-6H,1-4H2. The van der Waals surface area contributed by atoms with Crippen LogP contribution < -0.4 is 0 Å². The van der Waals surface area contributed by atoms with Crippen molar-refractivity contribution in [3.8, 4) is 0 Å². The summed E-state index contributed by atoms with van der Waals surface area (Å²) < 4.78 is 6.85. The highest BCUT2D eigenvalue weighted by Crippen LogP contribution is 1.83. The first-order chi connectivity index (χ1) is 5.43. The van der Waals surface area contributed by atoms with Gasteiger partial charge >= 0.3 is 0 Å². The molecular weight excluding hydrogens is 166 g/mol. The van der Waals surface area contributed by atoms with E-state index in [1.807, 2.05) is 0 Å². The van der Waals surface area contributed by atoms with Gasteiger partial charge in [-0.25, -0.2) is 4.98 Å². The van der Waals surface area contributed by atoms with Gasteiger partial charge in [0.05, 0.1) is 19.8 Å². The Bertz CT molecular complexity index is 178. The molecule has 0 saturated carbocycles. The average Bonchev–Trinajstić information content (AvgIpc) is 2.50. The minimum absolute atomic E-state index is 0.539. The quantitative estimate of drug-likeness (QED) is 0.484. The minimum Gasteiger partial charge on any atom is -0.378 e. The van der Waals surface area contributed by atoms with Gasteiger partial charge in [0.1, 0.15) is 12.7 Å². The van der Waals surface area contributed by atoms with Crippen LogP contribution in [0.3, 0.4) is 0 Å². The van der Waals surface area contributed by atoms with Crippen LogP contribution in [-0.4, -0.2) is 33.9 Å². The van der Waals surface area contributed by atoms with Gasteiger partial charge in [0.2, 0.25) is 0 Å².